The number of hydrogen-bond acceptors (Lipinski definition) is 3. The van der Waals surface area contributed by atoms with Gasteiger partial charge in [0, 0.05) is 5.71 Å². The first-order chi connectivity index (χ1) is 6.63. The topological polar surface area (TPSA) is 48.2 Å². The number of rotatable bonds is 2. The molecule has 14 heavy (non-hydrogen) atoms. The first-order valence-electron chi connectivity index (χ1n) is 4.10. The van der Waals surface area contributed by atoms with E-state index in [0.717, 1.165) is 11.4 Å². The van der Waals surface area contributed by atoms with Crippen LogP contribution < -0.4 is 5.43 Å². The van der Waals surface area contributed by atoms with Crippen molar-refractivity contribution < 1.29 is 0 Å². The van der Waals surface area contributed by atoms with Gasteiger partial charge in [-0.2, -0.15) is 10.4 Å². The molecule has 0 aliphatic heterocycles. The van der Waals surface area contributed by atoms with Gasteiger partial charge in [-0.25, -0.2) is 0 Å². The molecule has 0 radical (unpaired) electrons. The summed E-state index contributed by atoms with van der Waals surface area (Å²) in [6.07, 6.45) is 0. The fourth-order valence-electron chi connectivity index (χ4n) is 0.852. The summed E-state index contributed by atoms with van der Waals surface area (Å²) in [6, 6.07) is 7.08. The Bertz CT molecular complexity index is 400. The molecule has 3 nitrogen and oxygen atoms in total. The molecule has 0 fully saturated rings. The smallest absolute Gasteiger partial charge is 0.101 e. The summed E-state index contributed by atoms with van der Waals surface area (Å²) in [5, 5.41) is 13.1. The highest BCUT2D eigenvalue weighted by molar-refractivity contribution is 6.32. The maximum absolute atomic E-state index is 8.65. The SMILES string of the molecule is CC(C)=NNc1ccc(C#N)c(Cl)c1. The average Bonchev–Trinajstić information content (AvgIpc) is 2.15. The second kappa shape index (κ2) is 4.64. The molecule has 0 bridgehead atoms. The number of hydrogen-bond donors (Lipinski definition) is 1. The van der Waals surface area contributed by atoms with Crippen LogP contribution in [0.1, 0.15) is 19.4 Å². The Hall–Kier alpha value is -1.53. The van der Waals surface area contributed by atoms with E-state index in [9.17, 15) is 0 Å². The van der Waals surface area contributed by atoms with Gasteiger partial charge in [-0.05, 0) is 32.0 Å². The highest BCUT2D eigenvalue weighted by Gasteiger charge is 1.99. The van der Waals surface area contributed by atoms with Gasteiger partial charge in [0.25, 0.3) is 0 Å². The van der Waals surface area contributed by atoms with Crippen LogP contribution in [-0.2, 0) is 0 Å². The third-order valence-electron chi connectivity index (χ3n) is 1.50. The maximum Gasteiger partial charge on any atom is 0.101 e. The van der Waals surface area contributed by atoms with Crippen LogP contribution in [0.4, 0.5) is 5.69 Å². The van der Waals surface area contributed by atoms with E-state index >= 15 is 0 Å². The van der Waals surface area contributed by atoms with Crippen LogP contribution in [0, 0.1) is 11.3 Å². The molecule has 0 spiro atoms. The molecule has 0 saturated heterocycles. The lowest BCUT2D eigenvalue weighted by atomic mass is 10.2. The molecule has 0 unspecified atom stereocenters. The fourth-order valence-corrected chi connectivity index (χ4v) is 1.07. The van der Waals surface area contributed by atoms with Crippen LogP contribution in [0.3, 0.4) is 0 Å². The van der Waals surface area contributed by atoms with E-state index in [1.807, 2.05) is 19.9 Å². The average molecular weight is 208 g/mol. The van der Waals surface area contributed by atoms with Gasteiger partial charge in [0.2, 0.25) is 0 Å². The van der Waals surface area contributed by atoms with Crippen molar-refractivity contribution in [3.05, 3.63) is 28.8 Å². The molecule has 0 amide bonds. The second-order valence-electron chi connectivity index (χ2n) is 2.98. The highest BCUT2D eigenvalue weighted by Crippen LogP contribution is 2.19. The molecule has 0 aliphatic carbocycles. The third-order valence-corrected chi connectivity index (χ3v) is 1.81. The molecule has 0 aliphatic rings. The van der Waals surface area contributed by atoms with E-state index in [-0.39, 0.29) is 0 Å². The monoisotopic (exact) mass is 207 g/mol. The van der Waals surface area contributed by atoms with Crippen LogP contribution in [0.25, 0.3) is 0 Å². The van der Waals surface area contributed by atoms with Gasteiger partial charge < -0.3 is 0 Å². The molecular formula is C10H10ClN3. The predicted octanol–water partition coefficient (Wildman–Crippen LogP) is 3.02. The molecule has 0 atom stereocenters. The summed E-state index contributed by atoms with van der Waals surface area (Å²) in [7, 11) is 0. The number of nitrogens with one attached hydrogen (secondary N) is 1. The number of benzene rings is 1. The molecule has 1 N–H and O–H groups in total. The van der Waals surface area contributed by atoms with Crippen LogP contribution in [0.2, 0.25) is 5.02 Å². The van der Waals surface area contributed by atoms with E-state index in [0.29, 0.717) is 10.6 Å². The minimum atomic E-state index is 0.432. The minimum Gasteiger partial charge on any atom is -0.279 e. The van der Waals surface area contributed by atoms with Crippen LogP contribution in [0.5, 0.6) is 0 Å². The fraction of sp³-hybridized carbons (Fsp3) is 0.200. The molecule has 1 aromatic carbocycles. The molecule has 72 valence electrons. The summed E-state index contributed by atoms with van der Waals surface area (Å²) in [5.41, 5.74) is 4.99. The number of anilines is 1. The van der Waals surface area contributed by atoms with Crippen molar-refractivity contribution in [3.63, 3.8) is 0 Å². The Kier molecular flexibility index (Phi) is 3.49. The molecule has 4 heteroatoms. The maximum atomic E-state index is 8.65. The molecule has 0 heterocycles. The van der Waals surface area contributed by atoms with E-state index in [2.05, 4.69) is 10.5 Å². The standard InChI is InChI=1S/C10H10ClN3/c1-7(2)13-14-9-4-3-8(6-12)10(11)5-9/h3-5,14H,1-2H3. The summed E-state index contributed by atoms with van der Waals surface area (Å²) < 4.78 is 0. The first-order valence-corrected chi connectivity index (χ1v) is 4.48. The highest BCUT2D eigenvalue weighted by atomic mass is 35.5. The zero-order chi connectivity index (χ0) is 10.6. The van der Waals surface area contributed by atoms with Gasteiger partial charge in [-0.15, -0.1) is 0 Å². The Morgan fingerprint density at radius 2 is 2.21 bits per heavy atom. The zero-order valence-corrected chi connectivity index (χ0v) is 8.76. The third kappa shape index (κ3) is 2.75. The van der Waals surface area contributed by atoms with Crippen molar-refractivity contribution in [2.75, 3.05) is 5.43 Å². The van der Waals surface area contributed by atoms with Crippen molar-refractivity contribution in [3.8, 4) is 6.07 Å². The van der Waals surface area contributed by atoms with Gasteiger partial charge in [0.15, 0.2) is 0 Å². The second-order valence-corrected chi connectivity index (χ2v) is 3.38. The van der Waals surface area contributed by atoms with Crippen molar-refractivity contribution in [2.45, 2.75) is 13.8 Å². The molecular weight excluding hydrogens is 198 g/mol. The van der Waals surface area contributed by atoms with Crippen LogP contribution in [-0.4, -0.2) is 5.71 Å². The number of hydrazone groups is 1. The quantitative estimate of drug-likeness (QED) is 0.599. The lowest BCUT2D eigenvalue weighted by Gasteiger charge is -2.02. The lowest BCUT2D eigenvalue weighted by Crippen LogP contribution is -1.93. The minimum absolute atomic E-state index is 0.432. The molecule has 0 aromatic heterocycles. The predicted molar refractivity (Wildman–Crippen MR) is 58.6 cm³/mol. The zero-order valence-electron chi connectivity index (χ0n) is 8.00. The molecule has 0 saturated carbocycles. The number of nitriles is 1. The Balaban J connectivity index is 2.88. The van der Waals surface area contributed by atoms with Crippen molar-refractivity contribution in [1.82, 2.24) is 0 Å². The van der Waals surface area contributed by atoms with Gasteiger partial charge in [-0.1, -0.05) is 11.6 Å². The summed E-state index contributed by atoms with van der Waals surface area (Å²) in [6.45, 7) is 3.77. The van der Waals surface area contributed by atoms with E-state index in [1.165, 1.54) is 0 Å². The molecule has 1 rings (SSSR count). The Morgan fingerprint density at radius 1 is 1.50 bits per heavy atom. The van der Waals surface area contributed by atoms with Crippen molar-refractivity contribution >= 4 is 23.0 Å². The molecule has 1 aromatic rings. The van der Waals surface area contributed by atoms with Crippen molar-refractivity contribution in [1.29, 1.82) is 5.26 Å². The van der Waals surface area contributed by atoms with Gasteiger partial charge in [0.1, 0.15) is 6.07 Å². The van der Waals surface area contributed by atoms with Gasteiger partial charge >= 0.3 is 0 Å². The number of nitrogens with zero attached hydrogens (tertiary/aromatic N) is 2. The van der Waals surface area contributed by atoms with Crippen LogP contribution >= 0.6 is 11.6 Å². The summed E-state index contributed by atoms with van der Waals surface area (Å²) in [4.78, 5) is 0. The van der Waals surface area contributed by atoms with E-state index < -0.39 is 0 Å². The first kappa shape index (κ1) is 10.6. The van der Waals surface area contributed by atoms with Gasteiger partial charge in [-0.3, -0.25) is 5.43 Å². The van der Waals surface area contributed by atoms with Gasteiger partial charge in [0.05, 0.1) is 16.3 Å². The Labute approximate surface area is 88.0 Å². The van der Waals surface area contributed by atoms with E-state index in [4.69, 9.17) is 16.9 Å². The number of halogens is 1. The van der Waals surface area contributed by atoms with Crippen LogP contribution in [0.15, 0.2) is 23.3 Å². The largest absolute Gasteiger partial charge is 0.279 e. The Morgan fingerprint density at radius 3 is 2.71 bits per heavy atom. The normalized spacial score (nSPS) is 9.00. The summed E-state index contributed by atoms with van der Waals surface area (Å²) >= 11 is 5.83. The lowest BCUT2D eigenvalue weighted by molar-refractivity contribution is 1.31. The summed E-state index contributed by atoms with van der Waals surface area (Å²) in [5.74, 6) is 0. The van der Waals surface area contributed by atoms with E-state index in [1.54, 1.807) is 18.2 Å². The van der Waals surface area contributed by atoms with Crippen molar-refractivity contribution in [2.24, 2.45) is 5.10 Å².